The molecule has 2 saturated heterocycles. The van der Waals surface area contributed by atoms with Gasteiger partial charge in [-0.05, 0) is 44.0 Å². The SMILES string of the molecule is CN1C2CCC1CN(Cc1ccc(C(=O)O)cc1Br)CC2. The van der Waals surface area contributed by atoms with E-state index >= 15 is 0 Å². The van der Waals surface area contributed by atoms with Crippen LogP contribution < -0.4 is 0 Å². The van der Waals surface area contributed by atoms with Gasteiger partial charge in [0.1, 0.15) is 0 Å². The van der Waals surface area contributed by atoms with Crippen molar-refractivity contribution in [2.75, 3.05) is 20.1 Å². The van der Waals surface area contributed by atoms with Crippen LogP contribution in [0.4, 0.5) is 0 Å². The summed E-state index contributed by atoms with van der Waals surface area (Å²) in [6, 6.07) is 6.75. The number of nitrogens with zero attached hydrogens (tertiary/aromatic N) is 2. The molecule has 2 heterocycles. The zero-order valence-electron chi connectivity index (χ0n) is 12.3. The maximum absolute atomic E-state index is 11.0. The number of likely N-dealkylation sites (tertiary alicyclic amines) is 1. The second kappa shape index (κ2) is 6.07. The number of carboxylic acid groups (broad SMARTS) is 1. The zero-order valence-corrected chi connectivity index (χ0v) is 13.8. The molecule has 2 aliphatic heterocycles. The van der Waals surface area contributed by atoms with Crippen LogP contribution in [0.3, 0.4) is 0 Å². The normalized spacial score (nSPS) is 26.8. The summed E-state index contributed by atoms with van der Waals surface area (Å²) >= 11 is 3.51. The van der Waals surface area contributed by atoms with E-state index in [9.17, 15) is 4.79 Å². The molecule has 1 aromatic rings. The van der Waals surface area contributed by atoms with Crippen molar-refractivity contribution in [1.29, 1.82) is 0 Å². The van der Waals surface area contributed by atoms with Gasteiger partial charge in [-0.1, -0.05) is 22.0 Å². The van der Waals surface area contributed by atoms with E-state index in [1.807, 2.05) is 6.07 Å². The lowest BCUT2D eigenvalue weighted by Crippen LogP contribution is -2.36. The third-order valence-electron chi connectivity index (χ3n) is 4.93. The minimum Gasteiger partial charge on any atom is -0.478 e. The van der Waals surface area contributed by atoms with Crippen LogP contribution in [0.25, 0.3) is 0 Å². The predicted molar refractivity (Wildman–Crippen MR) is 85.6 cm³/mol. The van der Waals surface area contributed by atoms with Gasteiger partial charge in [0.2, 0.25) is 0 Å². The van der Waals surface area contributed by atoms with Gasteiger partial charge in [-0.3, -0.25) is 9.80 Å². The Balaban J connectivity index is 1.70. The Hall–Kier alpha value is -0.910. The lowest BCUT2D eigenvalue weighted by molar-refractivity contribution is 0.0697. The summed E-state index contributed by atoms with van der Waals surface area (Å²) in [5.41, 5.74) is 1.50. The summed E-state index contributed by atoms with van der Waals surface area (Å²) in [5, 5.41) is 9.02. The van der Waals surface area contributed by atoms with Gasteiger partial charge in [0.25, 0.3) is 0 Å². The van der Waals surface area contributed by atoms with Gasteiger partial charge in [-0.15, -0.1) is 0 Å². The summed E-state index contributed by atoms with van der Waals surface area (Å²) in [6.07, 6.45) is 3.88. The number of rotatable bonds is 3. The topological polar surface area (TPSA) is 43.8 Å². The van der Waals surface area contributed by atoms with Crippen molar-refractivity contribution in [3.8, 4) is 0 Å². The van der Waals surface area contributed by atoms with Crippen molar-refractivity contribution in [1.82, 2.24) is 9.80 Å². The van der Waals surface area contributed by atoms with Gasteiger partial charge >= 0.3 is 5.97 Å². The lowest BCUT2D eigenvalue weighted by atomic mass is 10.1. The second-order valence-electron chi connectivity index (χ2n) is 6.19. The van der Waals surface area contributed by atoms with Crippen molar-refractivity contribution >= 4 is 21.9 Å². The third-order valence-corrected chi connectivity index (χ3v) is 5.66. The van der Waals surface area contributed by atoms with Gasteiger partial charge in [-0.25, -0.2) is 4.79 Å². The molecule has 5 heteroatoms. The Morgan fingerprint density at radius 3 is 2.81 bits per heavy atom. The van der Waals surface area contributed by atoms with E-state index in [2.05, 4.69) is 32.8 Å². The Morgan fingerprint density at radius 2 is 2.10 bits per heavy atom. The summed E-state index contributed by atoms with van der Waals surface area (Å²) in [4.78, 5) is 16.0. The molecule has 1 aromatic carbocycles. The van der Waals surface area contributed by atoms with Gasteiger partial charge in [0.15, 0.2) is 0 Å². The minimum atomic E-state index is -0.879. The minimum absolute atomic E-state index is 0.334. The first-order valence-electron chi connectivity index (χ1n) is 7.50. The number of hydrogen-bond acceptors (Lipinski definition) is 3. The zero-order chi connectivity index (χ0) is 15.0. The standard InChI is InChI=1S/C16H21BrN2O2/c1-18-13-4-5-14(18)10-19(7-6-13)9-12-3-2-11(16(20)21)8-15(12)17/h2-3,8,13-14H,4-7,9-10H2,1H3,(H,20,21). The molecule has 114 valence electrons. The summed E-state index contributed by atoms with van der Waals surface area (Å²) in [5.74, 6) is -0.879. The maximum Gasteiger partial charge on any atom is 0.335 e. The van der Waals surface area contributed by atoms with E-state index in [-0.39, 0.29) is 0 Å². The van der Waals surface area contributed by atoms with E-state index in [0.29, 0.717) is 11.6 Å². The molecule has 3 rings (SSSR count). The first-order chi connectivity index (χ1) is 10.0. The predicted octanol–water partition coefficient (Wildman–Crippen LogP) is 2.82. The molecule has 2 atom stereocenters. The fraction of sp³-hybridized carbons (Fsp3) is 0.562. The molecule has 0 radical (unpaired) electrons. The van der Waals surface area contributed by atoms with Crippen LogP contribution in [0.5, 0.6) is 0 Å². The van der Waals surface area contributed by atoms with Crippen LogP contribution in [0.1, 0.15) is 35.2 Å². The van der Waals surface area contributed by atoms with Crippen molar-refractivity contribution < 1.29 is 9.90 Å². The quantitative estimate of drug-likeness (QED) is 0.908. The molecule has 2 aliphatic rings. The number of fused-ring (bicyclic) bond motifs is 2. The van der Waals surface area contributed by atoms with Crippen LogP contribution in [-0.2, 0) is 6.54 Å². The number of hydrogen-bond donors (Lipinski definition) is 1. The largest absolute Gasteiger partial charge is 0.478 e. The van der Waals surface area contributed by atoms with Crippen LogP contribution >= 0.6 is 15.9 Å². The molecule has 21 heavy (non-hydrogen) atoms. The number of halogens is 1. The smallest absolute Gasteiger partial charge is 0.335 e. The molecular weight excluding hydrogens is 332 g/mol. The number of likely N-dealkylation sites (N-methyl/N-ethyl adjacent to an activating group) is 1. The molecule has 2 fully saturated rings. The molecule has 0 aliphatic carbocycles. The number of carbonyl (C=O) groups is 1. The lowest BCUT2D eigenvalue weighted by Gasteiger charge is -2.26. The third kappa shape index (κ3) is 3.15. The highest BCUT2D eigenvalue weighted by atomic mass is 79.9. The average Bonchev–Trinajstić information content (AvgIpc) is 2.68. The molecule has 0 spiro atoms. The first-order valence-corrected chi connectivity index (χ1v) is 8.30. The fourth-order valence-electron chi connectivity index (χ4n) is 3.57. The Labute approximate surface area is 133 Å². The number of aromatic carboxylic acids is 1. The maximum atomic E-state index is 11.0. The van der Waals surface area contributed by atoms with E-state index < -0.39 is 5.97 Å². The highest BCUT2D eigenvalue weighted by Crippen LogP contribution is 2.30. The van der Waals surface area contributed by atoms with Crippen LogP contribution in [0.2, 0.25) is 0 Å². The molecule has 2 bridgehead atoms. The highest BCUT2D eigenvalue weighted by Gasteiger charge is 2.34. The molecule has 4 nitrogen and oxygen atoms in total. The first kappa shape index (κ1) is 15.0. The van der Waals surface area contributed by atoms with Crippen molar-refractivity contribution in [2.45, 2.75) is 37.9 Å². The summed E-state index contributed by atoms with van der Waals surface area (Å²) in [6.45, 7) is 3.12. The molecule has 2 unspecified atom stereocenters. The monoisotopic (exact) mass is 352 g/mol. The number of benzene rings is 1. The Bertz CT molecular complexity index is 549. The van der Waals surface area contributed by atoms with Crippen LogP contribution in [0.15, 0.2) is 22.7 Å². The Morgan fingerprint density at radius 1 is 1.33 bits per heavy atom. The summed E-state index contributed by atoms with van der Waals surface area (Å²) < 4.78 is 0.894. The Kier molecular flexibility index (Phi) is 4.33. The van der Waals surface area contributed by atoms with E-state index in [0.717, 1.165) is 30.1 Å². The van der Waals surface area contributed by atoms with Crippen LogP contribution in [0, 0.1) is 0 Å². The average molecular weight is 353 g/mol. The molecule has 1 N–H and O–H groups in total. The molecule has 0 saturated carbocycles. The van der Waals surface area contributed by atoms with Crippen molar-refractivity contribution in [3.05, 3.63) is 33.8 Å². The van der Waals surface area contributed by atoms with Gasteiger partial charge in [0, 0.05) is 36.2 Å². The summed E-state index contributed by atoms with van der Waals surface area (Å²) in [7, 11) is 2.25. The number of carboxylic acids is 1. The van der Waals surface area contributed by atoms with Crippen LogP contribution in [-0.4, -0.2) is 53.1 Å². The van der Waals surface area contributed by atoms with Crippen molar-refractivity contribution in [2.24, 2.45) is 0 Å². The van der Waals surface area contributed by atoms with Gasteiger partial charge < -0.3 is 5.11 Å². The second-order valence-corrected chi connectivity index (χ2v) is 7.04. The highest BCUT2D eigenvalue weighted by molar-refractivity contribution is 9.10. The fourth-order valence-corrected chi connectivity index (χ4v) is 4.08. The van der Waals surface area contributed by atoms with E-state index in [1.165, 1.54) is 24.8 Å². The van der Waals surface area contributed by atoms with Gasteiger partial charge in [-0.2, -0.15) is 0 Å². The van der Waals surface area contributed by atoms with E-state index in [4.69, 9.17) is 5.11 Å². The molecule has 0 amide bonds. The molecular formula is C16H21BrN2O2. The van der Waals surface area contributed by atoms with E-state index in [1.54, 1.807) is 12.1 Å². The van der Waals surface area contributed by atoms with Gasteiger partial charge in [0.05, 0.1) is 5.56 Å². The molecule has 0 aromatic heterocycles. The van der Waals surface area contributed by atoms with Crippen molar-refractivity contribution in [3.63, 3.8) is 0 Å².